The zero-order chi connectivity index (χ0) is 54.3. The number of aliphatic hydroxyl groups excluding tert-OH is 1. The number of anilines is 4. The van der Waals surface area contributed by atoms with Crippen LogP contribution in [0.15, 0.2) is 97.6 Å². The van der Waals surface area contributed by atoms with Gasteiger partial charge in [-0.05, 0) is 99.7 Å². The van der Waals surface area contributed by atoms with Gasteiger partial charge in [0.1, 0.15) is 35.0 Å². The fourth-order valence-electron chi connectivity index (χ4n) is 11.7. The highest BCUT2D eigenvalue weighted by Gasteiger charge is 2.45. The van der Waals surface area contributed by atoms with Crippen LogP contribution in [0.1, 0.15) is 82.2 Å². The number of halogens is 1. The SMILES string of the molecule is Cc1nc2ccc(-c3ccnc(N)c3)nc2n1-c1ccc(N2CCN(CC#Cc3ccc(N4CCC(C(=O)N5CCC(n6cc(CNc7cccc8c7C(=O)N([C@H]7CCC(=O)NC7O)C8=O)cn6)CC5)CC4)nc3)CC2)c(F)c1. The van der Waals surface area contributed by atoms with E-state index in [4.69, 9.17) is 15.7 Å². The van der Waals surface area contributed by atoms with Crippen molar-refractivity contribution in [3.05, 3.63) is 131 Å². The maximum atomic E-state index is 15.9. The number of piperazine rings is 1. The van der Waals surface area contributed by atoms with Gasteiger partial charge in [0.15, 0.2) is 5.65 Å². The lowest BCUT2D eigenvalue weighted by Gasteiger charge is -2.37. The summed E-state index contributed by atoms with van der Waals surface area (Å²) in [5.41, 5.74) is 12.8. The normalized spacial score (nSPS) is 19.4. The summed E-state index contributed by atoms with van der Waals surface area (Å²) < 4.78 is 19.7. The molecule has 5 aliphatic rings. The molecule has 0 radical (unpaired) electrons. The second kappa shape index (κ2) is 21.6. The van der Waals surface area contributed by atoms with E-state index in [1.165, 1.54) is 0 Å². The minimum atomic E-state index is -1.32. The molecule has 2 atom stereocenters. The largest absolute Gasteiger partial charge is 0.384 e. The lowest BCUT2D eigenvalue weighted by molar-refractivity contribution is -0.137. The number of aryl methyl sites for hydroxylation is 1. The lowest BCUT2D eigenvalue weighted by atomic mass is 9.93. The number of benzene rings is 2. The first-order chi connectivity index (χ1) is 38.4. The summed E-state index contributed by atoms with van der Waals surface area (Å²) in [4.78, 5) is 80.5. The molecule has 0 bridgehead atoms. The molecule has 21 heteroatoms. The van der Waals surface area contributed by atoms with Crippen molar-refractivity contribution in [2.75, 3.05) is 79.8 Å². The Morgan fingerprint density at radius 1 is 0.861 bits per heavy atom. The molecule has 1 unspecified atom stereocenters. The smallest absolute Gasteiger partial charge is 0.264 e. The van der Waals surface area contributed by atoms with Crippen molar-refractivity contribution in [2.24, 2.45) is 5.92 Å². The first-order valence-electron chi connectivity index (χ1n) is 27.0. The number of nitrogens with zero attached hydrogens (tertiary/aromatic N) is 12. The van der Waals surface area contributed by atoms with Crippen LogP contribution < -0.4 is 26.2 Å². The Hall–Kier alpha value is -8.74. The van der Waals surface area contributed by atoms with E-state index in [1.807, 2.05) is 75.9 Å². The second-order valence-electron chi connectivity index (χ2n) is 20.9. The number of nitrogens with two attached hydrogens (primary N) is 1. The molecule has 7 aromatic rings. The van der Waals surface area contributed by atoms with Gasteiger partial charge in [-0.25, -0.2) is 24.3 Å². The Balaban J connectivity index is 0.571. The minimum Gasteiger partial charge on any atom is -0.384 e. The van der Waals surface area contributed by atoms with E-state index in [0.717, 1.165) is 85.0 Å². The van der Waals surface area contributed by atoms with Crippen molar-refractivity contribution >= 4 is 57.8 Å². The number of carbonyl (C=O) groups is 4. The van der Waals surface area contributed by atoms with E-state index in [9.17, 15) is 24.3 Å². The molecule has 5 N–H and O–H groups in total. The van der Waals surface area contributed by atoms with Gasteiger partial charge in [-0.3, -0.25) is 38.2 Å². The van der Waals surface area contributed by atoms with Crippen LogP contribution in [0, 0.1) is 30.5 Å². The van der Waals surface area contributed by atoms with Crippen LogP contribution in [0.5, 0.6) is 0 Å². The number of hydrogen-bond donors (Lipinski definition) is 4. The molecule has 12 rings (SSSR count). The highest BCUT2D eigenvalue weighted by molar-refractivity contribution is 6.24. The Bertz CT molecular complexity index is 3550. The zero-order valence-corrected chi connectivity index (χ0v) is 43.8. The molecule has 4 amide bonds. The standard InChI is InChI=1S/C58H60FN15O5/c1-36-65-47-10-9-45(40-15-20-61-50(60)30-40)66-54(47)73(36)42-8-11-48(44(59)31-42)69-28-26-68(27-29-69)21-3-4-37-7-13-51(63-32-37)70-22-16-39(17-23-70)56(77)71-24-18-41(19-25-71)72-35-38(34-64-72)33-62-46-6-2-5-43-53(46)58(79)74(57(43)78)49-12-14-52(75)67-55(49)76/h2,5-11,13,15,20,30-32,34-35,39,41,49,55,62,76H,12,14,16-19,21-29,33H2,1H3,(H2,60,61)(H,67,75)/t49-,55?/m0/s1. The Morgan fingerprint density at radius 3 is 2.44 bits per heavy atom. The van der Waals surface area contributed by atoms with E-state index < -0.39 is 24.1 Å². The molecular weight excluding hydrogens is 1010 g/mol. The number of amides is 4. The number of imidazole rings is 1. The quantitative estimate of drug-likeness (QED) is 0.0969. The average molecular weight is 1070 g/mol. The predicted molar refractivity (Wildman–Crippen MR) is 294 cm³/mol. The van der Waals surface area contributed by atoms with Gasteiger partial charge in [0.05, 0.1) is 53.0 Å². The summed E-state index contributed by atoms with van der Waals surface area (Å²) in [6.45, 7) is 8.52. The number of imide groups is 1. The van der Waals surface area contributed by atoms with Crippen molar-refractivity contribution in [3.63, 3.8) is 0 Å². The Labute approximate surface area is 455 Å². The number of rotatable bonds is 11. The number of pyridine rings is 3. The molecule has 5 aromatic heterocycles. The highest BCUT2D eigenvalue weighted by atomic mass is 19.1. The van der Waals surface area contributed by atoms with Crippen LogP contribution in [-0.2, 0) is 16.1 Å². The van der Waals surface area contributed by atoms with Crippen LogP contribution in [0.4, 0.5) is 27.4 Å². The number of piperidine rings is 3. The molecule has 5 aliphatic heterocycles. The molecule has 4 fully saturated rings. The first kappa shape index (κ1) is 51.0. The number of likely N-dealkylation sites (tertiary alicyclic amines) is 1. The van der Waals surface area contributed by atoms with Gasteiger partial charge in [-0.2, -0.15) is 5.10 Å². The Kier molecular flexibility index (Phi) is 13.9. The highest BCUT2D eigenvalue weighted by Crippen LogP contribution is 2.35. The topological polar surface area (TPSA) is 229 Å². The Morgan fingerprint density at radius 2 is 1.68 bits per heavy atom. The number of nitrogens with one attached hydrogen (secondary N) is 2. The minimum absolute atomic E-state index is 0.0325. The maximum absolute atomic E-state index is 15.9. The molecule has 4 saturated heterocycles. The van der Waals surface area contributed by atoms with Gasteiger partial charge in [-0.1, -0.05) is 17.9 Å². The van der Waals surface area contributed by atoms with E-state index in [0.29, 0.717) is 79.1 Å². The summed E-state index contributed by atoms with van der Waals surface area (Å²) in [7, 11) is 0. The predicted octanol–water partition coefficient (Wildman–Crippen LogP) is 5.16. The number of hydrogen-bond acceptors (Lipinski definition) is 15. The van der Waals surface area contributed by atoms with Crippen LogP contribution in [-0.4, -0.2) is 149 Å². The van der Waals surface area contributed by atoms with Crippen molar-refractivity contribution in [1.29, 1.82) is 0 Å². The fourth-order valence-corrected chi connectivity index (χ4v) is 11.7. The third kappa shape index (κ3) is 10.3. The van der Waals surface area contributed by atoms with Crippen molar-refractivity contribution in [1.82, 2.24) is 54.3 Å². The second-order valence-corrected chi connectivity index (χ2v) is 20.9. The lowest BCUT2D eigenvalue weighted by Crippen LogP contribution is -2.57. The molecule has 0 saturated carbocycles. The number of aliphatic hydroxyl groups is 1. The summed E-state index contributed by atoms with van der Waals surface area (Å²) in [6.07, 6.45) is 9.32. The van der Waals surface area contributed by atoms with E-state index in [1.54, 1.807) is 42.7 Å². The van der Waals surface area contributed by atoms with Crippen molar-refractivity contribution in [3.8, 4) is 28.8 Å². The van der Waals surface area contributed by atoms with E-state index in [2.05, 4.69) is 52.2 Å². The van der Waals surface area contributed by atoms with Crippen LogP contribution in [0.2, 0.25) is 0 Å². The van der Waals surface area contributed by atoms with E-state index in [-0.39, 0.29) is 53.6 Å². The average Bonchev–Trinajstić information content (AvgIpc) is 4.19. The molecule has 404 valence electrons. The molecule has 20 nitrogen and oxygen atoms in total. The van der Waals surface area contributed by atoms with Crippen LogP contribution in [0.25, 0.3) is 28.1 Å². The van der Waals surface area contributed by atoms with E-state index >= 15 is 4.39 Å². The molecular formula is C58H60FN15O5. The van der Waals surface area contributed by atoms with Gasteiger partial charge in [0, 0.05) is 118 Å². The number of fused-ring (bicyclic) bond motifs is 2. The molecule has 10 heterocycles. The fraction of sp³-hybridized carbons (Fsp3) is 0.362. The number of carbonyl (C=O) groups excluding carboxylic acids is 4. The van der Waals surface area contributed by atoms with Gasteiger partial charge in [-0.15, -0.1) is 0 Å². The number of aromatic nitrogens is 7. The van der Waals surface area contributed by atoms with Gasteiger partial charge in [0.25, 0.3) is 11.8 Å². The number of nitrogen functional groups attached to an aromatic ring is 1. The molecule has 0 aliphatic carbocycles. The third-order valence-electron chi connectivity index (χ3n) is 16.0. The van der Waals surface area contributed by atoms with Crippen molar-refractivity contribution < 1.29 is 28.7 Å². The van der Waals surface area contributed by atoms with Crippen molar-refractivity contribution in [2.45, 2.75) is 70.3 Å². The summed E-state index contributed by atoms with van der Waals surface area (Å²) in [5.74, 6) is 7.14. The van der Waals surface area contributed by atoms with Crippen LogP contribution in [0.3, 0.4) is 0 Å². The third-order valence-corrected chi connectivity index (χ3v) is 16.0. The summed E-state index contributed by atoms with van der Waals surface area (Å²) in [6, 6.07) is 21.1. The zero-order valence-electron chi connectivity index (χ0n) is 43.8. The molecule has 2 aromatic carbocycles. The molecule has 0 spiro atoms. The molecule has 79 heavy (non-hydrogen) atoms. The maximum Gasteiger partial charge on any atom is 0.264 e. The summed E-state index contributed by atoms with van der Waals surface area (Å²) in [5, 5.41) is 20.9. The van der Waals surface area contributed by atoms with Crippen LogP contribution >= 0.6 is 0 Å². The monoisotopic (exact) mass is 1070 g/mol. The van der Waals surface area contributed by atoms with Gasteiger partial charge in [0.2, 0.25) is 11.8 Å². The first-order valence-corrected chi connectivity index (χ1v) is 27.0. The summed E-state index contributed by atoms with van der Waals surface area (Å²) >= 11 is 0. The van der Waals surface area contributed by atoms with Gasteiger partial charge >= 0.3 is 0 Å². The van der Waals surface area contributed by atoms with Gasteiger partial charge < -0.3 is 36.2 Å².